The lowest BCUT2D eigenvalue weighted by atomic mass is 10.2. The van der Waals surface area contributed by atoms with E-state index in [1.165, 1.54) is 23.0 Å². The van der Waals surface area contributed by atoms with Crippen molar-refractivity contribution >= 4 is 29.6 Å². The van der Waals surface area contributed by atoms with Gasteiger partial charge in [-0.3, -0.25) is 0 Å². The second-order valence-electron chi connectivity index (χ2n) is 11.4. The van der Waals surface area contributed by atoms with Crippen molar-refractivity contribution in [1.29, 1.82) is 0 Å². The highest BCUT2D eigenvalue weighted by Crippen LogP contribution is 2.25. The average molecular weight is 516 g/mol. The Kier molecular flexibility index (Phi) is 8.80. The molecule has 0 aliphatic carbocycles. The molecule has 1 atom stereocenters. The number of anilines is 1. The Labute approximate surface area is 217 Å². The summed E-state index contributed by atoms with van der Waals surface area (Å²) in [7, 11) is 0. The van der Waals surface area contributed by atoms with Crippen molar-refractivity contribution in [3.05, 3.63) is 24.2 Å². The molecule has 0 aliphatic rings. The van der Waals surface area contributed by atoms with Crippen LogP contribution in [0, 0.1) is 11.8 Å². The quantitative estimate of drug-likeness (QED) is 0.444. The van der Waals surface area contributed by atoms with Crippen molar-refractivity contribution in [1.82, 2.24) is 19.9 Å². The number of carbonyl (C=O) groups excluding carboxylic acids is 3. The molecule has 11 nitrogen and oxygen atoms in total. The van der Waals surface area contributed by atoms with Crippen LogP contribution in [0.1, 0.15) is 81.4 Å². The summed E-state index contributed by atoms with van der Waals surface area (Å²) in [4.78, 5) is 43.1. The van der Waals surface area contributed by atoms with E-state index in [2.05, 4.69) is 27.2 Å². The summed E-state index contributed by atoms with van der Waals surface area (Å²) in [5.41, 5.74) is -1.53. The number of aromatic nitrogens is 3. The van der Waals surface area contributed by atoms with E-state index in [9.17, 15) is 14.4 Å². The van der Waals surface area contributed by atoms with Gasteiger partial charge in [0.2, 0.25) is 0 Å². The first kappa shape index (κ1) is 29.4. The summed E-state index contributed by atoms with van der Waals surface area (Å²) in [6.07, 6.45) is 0.901. The number of rotatable bonds is 3. The third-order valence-corrected chi connectivity index (χ3v) is 4.16. The van der Waals surface area contributed by atoms with Crippen LogP contribution in [-0.4, -0.2) is 55.7 Å². The van der Waals surface area contributed by atoms with E-state index in [1.54, 1.807) is 62.3 Å². The van der Waals surface area contributed by atoms with Gasteiger partial charge in [-0.1, -0.05) is 5.92 Å². The largest absolute Gasteiger partial charge is 0.444 e. The number of fused-ring (bicyclic) bond motifs is 1. The van der Waals surface area contributed by atoms with Crippen molar-refractivity contribution in [2.45, 2.75) is 98.5 Å². The minimum Gasteiger partial charge on any atom is -0.444 e. The number of imide groups is 1. The Balaban J connectivity index is 2.34. The first-order valence-corrected chi connectivity index (χ1v) is 11.9. The Bertz CT molecular complexity index is 1180. The zero-order valence-corrected chi connectivity index (χ0v) is 23.3. The lowest BCUT2D eigenvalue weighted by Gasteiger charge is -2.28. The number of nitrogens with zero attached hydrogens (tertiary/aromatic N) is 4. The zero-order chi connectivity index (χ0) is 28.2. The number of imidazole rings is 1. The SMILES string of the molecule is C[C@@H](CC#Cc1cnc2c(N(C(=O)OC(C)(C)C)C(=O)OC(C)(C)C)ccnn12)NC(=O)OC(C)(C)C. The summed E-state index contributed by atoms with van der Waals surface area (Å²) in [6, 6.07) is 1.21. The lowest BCUT2D eigenvalue weighted by Crippen LogP contribution is -2.44. The second-order valence-corrected chi connectivity index (χ2v) is 11.4. The van der Waals surface area contributed by atoms with Crippen molar-refractivity contribution in [2.75, 3.05) is 4.90 Å². The van der Waals surface area contributed by atoms with E-state index in [1.807, 2.05) is 6.92 Å². The second kappa shape index (κ2) is 11.1. The van der Waals surface area contributed by atoms with Gasteiger partial charge in [-0.25, -0.2) is 23.9 Å². The molecular formula is C26H37N5O6. The normalized spacial score (nSPS) is 12.7. The van der Waals surface area contributed by atoms with Crippen LogP contribution in [0.5, 0.6) is 0 Å². The number of hydrogen-bond acceptors (Lipinski definition) is 8. The van der Waals surface area contributed by atoms with E-state index in [4.69, 9.17) is 14.2 Å². The molecule has 0 fully saturated rings. The van der Waals surface area contributed by atoms with Crippen molar-refractivity contribution < 1.29 is 28.6 Å². The zero-order valence-electron chi connectivity index (χ0n) is 23.3. The first-order chi connectivity index (χ1) is 16.9. The molecule has 0 spiro atoms. The van der Waals surface area contributed by atoms with Crippen LogP contribution < -0.4 is 10.2 Å². The van der Waals surface area contributed by atoms with Gasteiger partial charge in [0.15, 0.2) is 5.65 Å². The molecule has 0 bridgehead atoms. The van der Waals surface area contributed by atoms with E-state index in [0.29, 0.717) is 12.1 Å². The smallest absolute Gasteiger partial charge is 0.424 e. The molecule has 202 valence electrons. The summed E-state index contributed by atoms with van der Waals surface area (Å²) in [5.74, 6) is 5.95. The van der Waals surface area contributed by atoms with Gasteiger partial charge in [-0.2, -0.15) is 10.00 Å². The third-order valence-electron chi connectivity index (χ3n) is 4.16. The molecule has 0 radical (unpaired) electrons. The fraction of sp³-hybridized carbons (Fsp3) is 0.577. The molecule has 37 heavy (non-hydrogen) atoms. The maximum Gasteiger partial charge on any atom is 0.424 e. The molecule has 11 heteroatoms. The molecule has 2 heterocycles. The van der Waals surface area contributed by atoms with Gasteiger partial charge in [0.25, 0.3) is 0 Å². The number of alkyl carbamates (subject to hydrolysis) is 1. The van der Waals surface area contributed by atoms with E-state index in [0.717, 1.165) is 4.90 Å². The molecule has 0 saturated carbocycles. The Morgan fingerprint density at radius 1 is 0.973 bits per heavy atom. The van der Waals surface area contributed by atoms with E-state index < -0.39 is 35.1 Å². The van der Waals surface area contributed by atoms with E-state index in [-0.39, 0.29) is 17.4 Å². The molecule has 0 unspecified atom stereocenters. The molecule has 0 aliphatic heterocycles. The molecule has 2 aromatic rings. The number of ether oxygens (including phenoxy) is 3. The molecule has 0 saturated heterocycles. The monoisotopic (exact) mass is 515 g/mol. The summed E-state index contributed by atoms with van der Waals surface area (Å²) < 4.78 is 17.6. The van der Waals surface area contributed by atoms with Crippen molar-refractivity contribution in [2.24, 2.45) is 0 Å². The average Bonchev–Trinajstić information content (AvgIpc) is 3.07. The minimum atomic E-state index is -0.910. The molecule has 2 rings (SSSR count). The van der Waals surface area contributed by atoms with Gasteiger partial charge in [0.1, 0.15) is 28.2 Å². The summed E-state index contributed by atoms with van der Waals surface area (Å²) >= 11 is 0. The Morgan fingerprint density at radius 3 is 2.03 bits per heavy atom. The first-order valence-electron chi connectivity index (χ1n) is 11.9. The Morgan fingerprint density at radius 2 is 1.51 bits per heavy atom. The fourth-order valence-electron chi connectivity index (χ4n) is 2.88. The summed E-state index contributed by atoms with van der Waals surface area (Å²) in [5, 5.41) is 7.00. The van der Waals surface area contributed by atoms with E-state index >= 15 is 0 Å². The number of hydrogen-bond donors (Lipinski definition) is 1. The predicted octanol–water partition coefficient (Wildman–Crippen LogP) is 5.06. The number of amides is 3. The van der Waals surface area contributed by atoms with Crippen LogP contribution in [-0.2, 0) is 14.2 Å². The van der Waals surface area contributed by atoms with Crippen LogP contribution in [0.2, 0.25) is 0 Å². The molecule has 0 aromatic carbocycles. The Hall–Kier alpha value is -3.81. The molecular weight excluding hydrogens is 478 g/mol. The van der Waals surface area contributed by atoms with Crippen LogP contribution in [0.4, 0.5) is 20.1 Å². The van der Waals surface area contributed by atoms with Gasteiger partial charge in [0.05, 0.1) is 12.4 Å². The molecule has 2 aromatic heterocycles. The standard InChI is InChI=1S/C26H37N5O6/c1-17(29-21(32)35-24(2,3)4)12-11-13-18-16-27-20-19(14-15-28-31(18)20)30(22(33)36-25(5,6)7)23(34)37-26(8,9)10/h14-17H,12H2,1-10H3,(H,29,32)/t17-/m0/s1. The topological polar surface area (TPSA) is 124 Å². The van der Waals surface area contributed by atoms with Crippen LogP contribution in [0.3, 0.4) is 0 Å². The van der Waals surface area contributed by atoms with Crippen LogP contribution in [0.15, 0.2) is 18.5 Å². The lowest BCUT2D eigenvalue weighted by molar-refractivity contribution is 0.0427. The van der Waals surface area contributed by atoms with Crippen LogP contribution >= 0.6 is 0 Å². The van der Waals surface area contributed by atoms with Crippen LogP contribution in [0.25, 0.3) is 5.65 Å². The molecule has 1 N–H and O–H groups in total. The van der Waals surface area contributed by atoms with Crippen molar-refractivity contribution in [3.8, 4) is 11.8 Å². The summed E-state index contributed by atoms with van der Waals surface area (Å²) in [6.45, 7) is 17.4. The highest BCUT2D eigenvalue weighted by Gasteiger charge is 2.34. The third kappa shape index (κ3) is 9.29. The van der Waals surface area contributed by atoms with Gasteiger partial charge in [0, 0.05) is 12.5 Å². The maximum absolute atomic E-state index is 13.0. The van der Waals surface area contributed by atoms with Gasteiger partial charge in [-0.05, 0) is 81.2 Å². The van der Waals surface area contributed by atoms with Gasteiger partial charge >= 0.3 is 18.3 Å². The highest BCUT2D eigenvalue weighted by atomic mass is 16.6. The number of nitrogens with one attached hydrogen (secondary N) is 1. The van der Waals surface area contributed by atoms with Crippen molar-refractivity contribution in [3.63, 3.8) is 0 Å². The number of carbonyl (C=O) groups is 3. The fourth-order valence-corrected chi connectivity index (χ4v) is 2.88. The molecule has 3 amide bonds. The maximum atomic E-state index is 13.0. The highest BCUT2D eigenvalue weighted by molar-refractivity contribution is 6.11. The predicted molar refractivity (Wildman–Crippen MR) is 138 cm³/mol. The van der Waals surface area contributed by atoms with Gasteiger partial charge in [-0.15, -0.1) is 0 Å². The minimum absolute atomic E-state index is 0.131. The van der Waals surface area contributed by atoms with Gasteiger partial charge < -0.3 is 19.5 Å².